The summed E-state index contributed by atoms with van der Waals surface area (Å²) in [5, 5.41) is 2.80. The summed E-state index contributed by atoms with van der Waals surface area (Å²) in [5.74, 6) is -0.307. The number of hydrogen-bond donors (Lipinski definition) is 1. The van der Waals surface area contributed by atoms with Crippen LogP contribution in [-0.4, -0.2) is 33.7 Å². The van der Waals surface area contributed by atoms with E-state index >= 15 is 0 Å². The van der Waals surface area contributed by atoms with E-state index in [9.17, 15) is 13.2 Å². The monoisotopic (exact) mass is 486 g/mol. The average Bonchev–Trinajstić information content (AvgIpc) is 2.57. The van der Waals surface area contributed by atoms with Crippen LogP contribution in [0.1, 0.15) is 17.5 Å². The van der Waals surface area contributed by atoms with Gasteiger partial charge in [0.25, 0.3) is 0 Å². The van der Waals surface area contributed by atoms with Crippen molar-refractivity contribution in [3.63, 3.8) is 0 Å². The van der Waals surface area contributed by atoms with E-state index in [0.29, 0.717) is 12.2 Å². The summed E-state index contributed by atoms with van der Waals surface area (Å²) in [6, 6.07) is 15.3. The van der Waals surface area contributed by atoms with Crippen molar-refractivity contribution in [1.82, 2.24) is 5.32 Å². The SMILES string of the molecule is Cc1cccc(CCCNC(=O)CN(c2ccc(I)cc2)S(C)(=O)=O)c1. The maximum atomic E-state index is 12.2. The van der Waals surface area contributed by atoms with Crippen molar-refractivity contribution in [3.05, 3.63) is 63.2 Å². The summed E-state index contributed by atoms with van der Waals surface area (Å²) in [7, 11) is -3.53. The van der Waals surface area contributed by atoms with E-state index in [1.54, 1.807) is 12.1 Å². The zero-order valence-corrected chi connectivity index (χ0v) is 17.9. The molecule has 0 unspecified atom stereocenters. The number of rotatable bonds is 8. The highest BCUT2D eigenvalue weighted by atomic mass is 127. The van der Waals surface area contributed by atoms with Crippen LogP contribution in [-0.2, 0) is 21.2 Å². The minimum Gasteiger partial charge on any atom is -0.355 e. The Morgan fingerprint density at radius 2 is 1.85 bits per heavy atom. The molecule has 26 heavy (non-hydrogen) atoms. The molecule has 0 atom stereocenters. The molecular weight excluding hydrogens is 463 g/mol. The third-order valence-corrected chi connectivity index (χ3v) is 5.71. The molecule has 0 aliphatic carbocycles. The third-order valence-electron chi connectivity index (χ3n) is 3.85. The molecule has 0 radical (unpaired) electrons. The molecule has 0 aromatic heterocycles. The van der Waals surface area contributed by atoms with Crippen LogP contribution in [0.15, 0.2) is 48.5 Å². The highest BCUT2D eigenvalue weighted by molar-refractivity contribution is 14.1. The van der Waals surface area contributed by atoms with Gasteiger partial charge in [0.2, 0.25) is 15.9 Å². The fourth-order valence-corrected chi connectivity index (χ4v) is 3.80. The molecule has 0 saturated heterocycles. The van der Waals surface area contributed by atoms with Gasteiger partial charge in [0.1, 0.15) is 6.54 Å². The minimum absolute atomic E-state index is 0.218. The van der Waals surface area contributed by atoms with Gasteiger partial charge in [-0.25, -0.2) is 8.42 Å². The lowest BCUT2D eigenvalue weighted by atomic mass is 10.1. The Labute approximate surface area is 169 Å². The van der Waals surface area contributed by atoms with Gasteiger partial charge in [0, 0.05) is 10.1 Å². The Balaban J connectivity index is 1.88. The number of aryl methyl sites for hydroxylation is 2. The van der Waals surface area contributed by atoms with Crippen LogP contribution in [0, 0.1) is 10.5 Å². The first-order valence-corrected chi connectivity index (χ1v) is 11.2. The number of nitrogens with one attached hydrogen (secondary N) is 1. The Kier molecular flexibility index (Phi) is 7.45. The Hall–Kier alpha value is -1.61. The van der Waals surface area contributed by atoms with Gasteiger partial charge < -0.3 is 5.32 Å². The summed E-state index contributed by atoms with van der Waals surface area (Å²) in [6.07, 6.45) is 2.78. The second kappa shape index (κ2) is 9.36. The van der Waals surface area contributed by atoms with Crippen molar-refractivity contribution in [3.8, 4) is 0 Å². The summed E-state index contributed by atoms with van der Waals surface area (Å²) in [4.78, 5) is 12.2. The summed E-state index contributed by atoms with van der Waals surface area (Å²) in [5.41, 5.74) is 2.94. The highest BCUT2D eigenvalue weighted by Gasteiger charge is 2.20. The van der Waals surface area contributed by atoms with E-state index < -0.39 is 10.0 Å². The second-order valence-electron chi connectivity index (χ2n) is 6.19. The van der Waals surface area contributed by atoms with Crippen LogP contribution in [0.5, 0.6) is 0 Å². The number of halogens is 1. The molecule has 1 amide bonds. The van der Waals surface area contributed by atoms with Gasteiger partial charge in [-0.2, -0.15) is 0 Å². The molecule has 0 spiro atoms. The van der Waals surface area contributed by atoms with E-state index in [1.807, 2.05) is 18.2 Å². The molecule has 1 N–H and O–H groups in total. The molecule has 5 nitrogen and oxygen atoms in total. The number of sulfonamides is 1. The lowest BCUT2D eigenvalue weighted by molar-refractivity contribution is -0.119. The van der Waals surface area contributed by atoms with Gasteiger partial charge >= 0.3 is 0 Å². The second-order valence-corrected chi connectivity index (χ2v) is 9.34. The first-order chi connectivity index (χ1) is 12.3. The zero-order chi connectivity index (χ0) is 19.2. The average molecular weight is 486 g/mol. The molecule has 0 aliphatic heterocycles. The fourth-order valence-electron chi connectivity index (χ4n) is 2.58. The number of amides is 1. The molecule has 0 bridgehead atoms. The van der Waals surface area contributed by atoms with Crippen LogP contribution in [0.2, 0.25) is 0 Å². The Morgan fingerprint density at radius 1 is 1.15 bits per heavy atom. The molecular formula is C19H23IN2O3S. The summed E-state index contributed by atoms with van der Waals surface area (Å²) in [6.45, 7) is 2.34. The molecule has 2 rings (SSSR count). The van der Waals surface area contributed by atoms with Crippen LogP contribution in [0.4, 0.5) is 5.69 Å². The Morgan fingerprint density at radius 3 is 2.46 bits per heavy atom. The standard InChI is InChI=1S/C19H23IN2O3S/c1-15-5-3-6-16(13-15)7-4-12-21-19(23)14-22(26(2,24)25)18-10-8-17(20)9-11-18/h3,5-6,8-11,13H,4,7,12,14H2,1-2H3,(H,21,23). The number of benzene rings is 2. The first kappa shape index (κ1) is 20.7. The van der Waals surface area contributed by atoms with Gasteiger partial charge in [-0.15, -0.1) is 0 Å². The summed E-state index contributed by atoms with van der Waals surface area (Å²) < 4.78 is 26.2. The molecule has 0 heterocycles. The number of carbonyl (C=O) groups excluding carboxylic acids is 1. The smallest absolute Gasteiger partial charge is 0.240 e. The van der Waals surface area contributed by atoms with E-state index in [2.05, 4.69) is 53.0 Å². The molecule has 2 aromatic rings. The number of anilines is 1. The first-order valence-electron chi connectivity index (χ1n) is 8.31. The van der Waals surface area contributed by atoms with Gasteiger partial charge in [0.15, 0.2) is 0 Å². The van der Waals surface area contributed by atoms with Crippen LogP contribution in [0.3, 0.4) is 0 Å². The predicted octanol–water partition coefficient (Wildman–Crippen LogP) is 3.11. The van der Waals surface area contributed by atoms with Crippen molar-refractivity contribution in [1.29, 1.82) is 0 Å². The van der Waals surface area contributed by atoms with E-state index in [4.69, 9.17) is 0 Å². The molecule has 0 saturated carbocycles. The van der Waals surface area contributed by atoms with Crippen LogP contribution < -0.4 is 9.62 Å². The van der Waals surface area contributed by atoms with Crippen molar-refractivity contribution >= 4 is 44.2 Å². The largest absolute Gasteiger partial charge is 0.355 e. The molecule has 140 valence electrons. The normalized spacial score (nSPS) is 11.2. The third kappa shape index (κ3) is 6.60. The topological polar surface area (TPSA) is 66.5 Å². The molecule has 7 heteroatoms. The maximum Gasteiger partial charge on any atom is 0.240 e. The van der Waals surface area contributed by atoms with Crippen molar-refractivity contribution < 1.29 is 13.2 Å². The van der Waals surface area contributed by atoms with E-state index in [-0.39, 0.29) is 12.5 Å². The number of carbonyl (C=O) groups is 1. The molecule has 0 fully saturated rings. The lowest BCUT2D eigenvalue weighted by Gasteiger charge is -2.22. The minimum atomic E-state index is -3.53. The maximum absolute atomic E-state index is 12.2. The van der Waals surface area contributed by atoms with Crippen molar-refractivity contribution in [2.75, 3.05) is 23.7 Å². The van der Waals surface area contributed by atoms with Gasteiger partial charge in [-0.1, -0.05) is 29.8 Å². The zero-order valence-electron chi connectivity index (χ0n) is 14.9. The quantitative estimate of drug-likeness (QED) is 0.461. The highest BCUT2D eigenvalue weighted by Crippen LogP contribution is 2.18. The fraction of sp³-hybridized carbons (Fsp3) is 0.316. The van der Waals surface area contributed by atoms with E-state index in [1.165, 1.54) is 11.1 Å². The van der Waals surface area contributed by atoms with Gasteiger partial charge in [-0.3, -0.25) is 9.10 Å². The summed E-state index contributed by atoms with van der Waals surface area (Å²) >= 11 is 2.15. The lowest BCUT2D eigenvalue weighted by Crippen LogP contribution is -2.40. The number of hydrogen-bond acceptors (Lipinski definition) is 3. The van der Waals surface area contributed by atoms with E-state index in [0.717, 1.165) is 27.0 Å². The number of nitrogens with zero attached hydrogens (tertiary/aromatic N) is 1. The van der Waals surface area contributed by atoms with Crippen molar-refractivity contribution in [2.24, 2.45) is 0 Å². The van der Waals surface area contributed by atoms with Crippen molar-refractivity contribution in [2.45, 2.75) is 19.8 Å². The van der Waals surface area contributed by atoms with Crippen LogP contribution >= 0.6 is 22.6 Å². The molecule has 0 aliphatic rings. The predicted molar refractivity (Wildman–Crippen MR) is 114 cm³/mol. The van der Waals surface area contributed by atoms with Gasteiger partial charge in [0.05, 0.1) is 11.9 Å². The van der Waals surface area contributed by atoms with Gasteiger partial charge in [-0.05, 0) is 72.2 Å². The molecule has 2 aromatic carbocycles. The van der Waals surface area contributed by atoms with Crippen LogP contribution in [0.25, 0.3) is 0 Å². The Bertz CT molecular complexity index is 851.